The zero-order valence-corrected chi connectivity index (χ0v) is 15.1. The van der Waals surface area contributed by atoms with Crippen molar-refractivity contribution < 1.29 is 27.8 Å². The van der Waals surface area contributed by atoms with E-state index in [9.17, 15) is 18.0 Å². The molecule has 0 aliphatic carbocycles. The third kappa shape index (κ3) is 4.51. The summed E-state index contributed by atoms with van der Waals surface area (Å²) in [6.45, 7) is 4.23. The van der Waals surface area contributed by atoms with Crippen molar-refractivity contribution >= 4 is 22.9 Å². The van der Waals surface area contributed by atoms with Crippen LogP contribution in [0, 0.1) is 13.8 Å². The lowest BCUT2D eigenvalue weighted by molar-refractivity contribution is -0.274. The Kier molecular flexibility index (Phi) is 5.13. The van der Waals surface area contributed by atoms with Gasteiger partial charge in [0.2, 0.25) is 0 Å². The number of hydrogen-bond donors (Lipinski definition) is 1. The first kappa shape index (κ1) is 19.5. The zero-order chi connectivity index (χ0) is 20.5. The van der Waals surface area contributed by atoms with E-state index in [1.807, 2.05) is 32.0 Å². The van der Waals surface area contributed by atoms with E-state index in [2.05, 4.69) is 9.84 Å². The highest BCUT2D eigenvalue weighted by Crippen LogP contribution is 2.29. The lowest BCUT2D eigenvalue weighted by Crippen LogP contribution is -2.17. The number of carboxylic acids is 1. The molecule has 8 heteroatoms. The maximum Gasteiger partial charge on any atom is 0.573 e. The van der Waals surface area contributed by atoms with E-state index in [0.29, 0.717) is 23.1 Å². The molecule has 3 rings (SSSR count). The molecule has 5 nitrogen and oxygen atoms in total. The summed E-state index contributed by atoms with van der Waals surface area (Å²) in [5.74, 6) is -1.51. The van der Waals surface area contributed by atoms with Gasteiger partial charge in [0.1, 0.15) is 5.75 Å². The van der Waals surface area contributed by atoms with Crippen LogP contribution in [0.4, 0.5) is 13.2 Å². The molecule has 2 aromatic carbocycles. The van der Waals surface area contributed by atoms with Crippen LogP contribution >= 0.6 is 0 Å². The van der Waals surface area contributed by atoms with E-state index in [4.69, 9.17) is 5.11 Å². The van der Waals surface area contributed by atoms with E-state index in [-0.39, 0.29) is 5.75 Å². The second-order valence-corrected chi connectivity index (χ2v) is 6.37. The van der Waals surface area contributed by atoms with E-state index >= 15 is 0 Å². The first-order valence-electron chi connectivity index (χ1n) is 8.36. The number of halogens is 3. The Morgan fingerprint density at radius 1 is 1.21 bits per heavy atom. The summed E-state index contributed by atoms with van der Waals surface area (Å²) in [7, 11) is 0. The third-order valence-corrected chi connectivity index (χ3v) is 4.19. The summed E-state index contributed by atoms with van der Waals surface area (Å²) in [6.07, 6.45) is -2.56. The highest BCUT2D eigenvalue weighted by Gasteiger charge is 2.31. The van der Waals surface area contributed by atoms with Crippen LogP contribution in [0.15, 0.2) is 42.5 Å². The normalized spacial score (nSPS) is 12.0. The molecular weight excluding hydrogens is 373 g/mol. The molecule has 0 aliphatic heterocycles. The van der Waals surface area contributed by atoms with Gasteiger partial charge in [-0.25, -0.2) is 4.79 Å². The SMILES string of the molecule is Cc1ccc(Cn2nc(/C=C/C(=O)O)c3ccc(OC(F)(F)F)cc32)c(C)c1. The topological polar surface area (TPSA) is 64.4 Å². The molecule has 0 saturated heterocycles. The molecule has 0 aliphatic rings. The van der Waals surface area contributed by atoms with Crippen molar-refractivity contribution in [3.63, 3.8) is 0 Å². The molecule has 3 aromatic rings. The third-order valence-electron chi connectivity index (χ3n) is 4.19. The Balaban J connectivity index is 2.10. The number of alkyl halides is 3. The van der Waals surface area contributed by atoms with Gasteiger partial charge in [-0.05, 0) is 43.2 Å². The van der Waals surface area contributed by atoms with Gasteiger partial charge in [0.25, 0.3) is 0 Å². The molecule has 0 saturated carbocycles. The number of benzene rings is 2. The molecule has 0 bridgehead atoms. The summed E-state index contributed by atoms with van der Waals surface area (Å²) in [6, 6.07) is 9.74. The fourth-order valence-electron chi connectivity index (χ4n) is 2.95. The Hall–Kier alpha value is -3.29. The predicted octanol–water partition coefficient (Wildman–Crippen LogP) is 4.70. The van der Waals surface area contributed by atoms with Gasteiger partial charge >= 0.3 is 12.3 Å². The maximum absolute atomic E-state index is 12.6. The number of aliphatic carboxylic acids is 1. The summed E-state index contributed by atoms with van der Waals surface area (Å²) in [5.41, 5.74) is 3.82. The predicted molar refractivity (Wildman–Crippen MR) is 98.1 cm³/mol. The van der Waals surface area contributed by atoms with Crippen LogP contribution in [0.2, 0.25) is 0 Å². The molecule has 0 spiro atoms. The van der Waals surface area contributed by atoms with Gasteiger partial charge < -0.3 is 9.84 Å². The van der Waals surface area contributed by atoms with Crippen LogP contribution in [0.25, 0.3) is 17.0 Å². The van der Waals surface area contributed by atoms with E-state index in [0.717, 1.165) is 22.8 Å². The minimum absolute atomic E-state index is 0.318. The van der Waals surface area contributed by atoms with Crippen molar-refractivity contribution in [2.45, 2.75) is 26.8 Å². The fourth-order valence-corrected chi connectivity index (χ4v) is 2.95. The van der Waals surface area contributed by atoms with E-state index < -0.39 is 12.3 Å². The zero-order valence-electron chi connectivity index (χ0n) is 15.1. The molecule has 28 heavy (non-hydrogen) atoms. The molecule has 1 N–H and O–H groups in total. The molecule has 0 radical (unpaired) electrons. The summed E-state index contributed by atoms with van der Waals surface area (Å²) >= 11 is 0. The number of aryl methyl sites for hydroxylation is 2. The largest absolute Gasteiger partial charge is 0.573 e. The standard InChI is InChI=1S/C20H17F3N2O3/c1-12-3-4-14(13(2)9-12)11-25-18-10-15(28-20(21,22)23)5-6-16(18)17(24-25)7-8-19(26)27/h3-10H,11H2,1-2H3,(H,26,27)/b8-7+. The maximum atomic E-state index is 12.6. The van der Waals surface area contributed by atoms with Crippen molar-refractivity contribution in [2.75, 3.05) is 0 Å². The van der Waals surface area contributed by atoms with Gasteiger partial charge in [-0.1, -0.05) is 23.8 Å². The highest BCUT2D eigenvalue weighted by molar-refractivity contribution is 5.92. The van der Waals surface area contributed by atoms with Crippen molar-refractivity contribution in [3.05, 3.63) is 64.9 Å². The smallest absolute Gasteiger partial charge is 0.478 e. The second-order valence-electron chi connectivity index (χ2n) is 6.37. The van der Waals surface area contributed by atoms with Crippen LogP contribution < -0.4 is 4.74 Å². The first-order chi connectivity index (χ1) is 13.1. The molecular formula is C20H17F3N2O3. The molecule has 0 fully saturated rings. The molecule has 1 aromatic heterocycles. The fraction of sp³-hybridized carbons (Fsp3) is 0.200. The number of ether oxygens (including phenoxy) is 1. The molecule has 1 heterocycles. The number of aromatic nitrogens is 2. The summed E-state index contributed by atoms with van der Waals surface area (Å²) in [4.78, 5) is 10.8. The van der Waals surface area contributed by atoms with Crippen molar-refractivity contribution in [3.8, 4) is 5.75 Å². The first-order valence-corrected chi connectivity index (χ1v) is 8.36. The molecule has 0 amide bonds. The number of rotatable bonds is 5. The van der Waals surface area contributed by atoms with Gasteiger partial charge in [0.05, 0.1) is 17.8 Å². The van der Waals surface area contributed by atoms with Crippen LogP contribution in [0.1, 0.15) is 22.4 Å². The summed E-state index contributed by atoms with van der Waals surface area (Å²) in [5, 5.41) is 13.8. The van der Waals surface area contributed by atoms with Crippen LogP contribution in [-0.4, -0.2) is 27.2 Å². The second kappa shape index (κ2) is 7.38. The summed E-state index contributed by atoms with van der Waals surface area (Å²) < 4.78 is 43.3. The Morgan fingerprint density at radius 2 is 1.96 bits per heavy atom. The van der Waals surface area contributed by atoms with Crippen LogP contribution in [-0.2, 0) is 11.3 Å². The molecule has 146 valence electrons. The lowest BCUT2D eigenvalue weighted by atomic mass is 10.1. The molecule has 0 atom stereocenters. The van der Waals surface area contributed by atoms with Crippen molar-refractivity contribution in [2.24, 2.45) is 0 Å². The Labute approximate surface area is 158 Å². The average Bonchev–Trinajstić information content (AvgIpc) is 2.91. The van der Waals surface area contributed by atoms with Crippen LogP contribution in [0.5, 0.6) is 5.75 Å². The monoisotopic (exact) mass is 390 g/mol. The number of hydrogen-bond acceptors (Lipinski definition) is 3. The molecule has 0 unspecified atom stereocenters. The van der Waals surface area contributed by atoms with E-state index in [1.54, 1.807) is 0 Å². The number of carbonyl (C=O) groups is 1. The van der Waals surface area contributed by atoms with Gasteiger partial charge in [0.15, 0.2) is 0 Å². The van der Waals surface area contributed by atoms with Crippen molar-refractivity contribution in [1.29, 1.82) is 0 Å². The number of fused-ring (bicyclic) bond motifs is 1. The van der Waals surface area contributed by atoms with Gasteiger partial charge in [-0.15, -0.1) is 13.2 Å². The number of nitrogens with zero attached hydrogens (tertiary/aromatic N) is 2. The quantitative estimate of drug-likeness (QED) is 0.642. The minimum atomic E-state index is -4.81. The Bertz CT molecular complexity index is 1070. The Morgan fingerprint density at radius 3 is 2.61 bits per heavy atom. The number of carboxylic acid groups (broad SMARTS) is 1. The van der Waals surface area contributed by atoms with Gasteiger partial charge in [0, 0.05) is 17.5 Å². The van der Waals surface area contributed by atoms with Gasteiger partial charge in [-0.3, -0.25) is 4.68 Å². The van der Waals surface area contributed by atoms with E-state index in [1.165, 1.54) is 29.0 Å². The van der Waals surface area contributed by atoms with Crippen LogP contribution in [0.3, 0.4) is 0 Å². The van der Waals surface area contributed by atoms with Gasteiger partial charge in [-0.2, -0.15) is 5.10 Å². The van der Waals surface area contributed by atoms with Crippen molar-refractivity contribution in [1.82, 2.24) is 9.78 Å². The highest BCUT2D eigenvalue weighted by atomic mass is 19.4. The lowest BCUT2D eigenvalue weighted by Gasteiger charge is -2.10. The minimum Gasteiger partial charge on any atom is -0.478 e. The average molecular weight is 390 g/mol.